The SMILES string of the molecule is NC(=O)c1sc2nc(C(F)F)cc(-c3ccco3)c2c1NC(=O)c1n[nH]c([N+](=O)[O-])c1Cl. The molecule has 0 aliphatic heterocycles. The highest BCUT2D eigenvalue weighted by Gasteiger charge is 2.29. The first-order chi connectivity index (χ1) is 15.2. The van der Waals surface area contributed by atoms with Crippen molar-refractivity contribution in [2.24, 2.45) is 5.73 Å². The van der Waals surface area contributed by atoms with Gasteiger partial charge in [0.15, 0.2) is 10.7 Å². The number of anilines is 1. The number of nitrogens with two attached hydrogens (primary N) is 1. The first-order valence-corrected chi connectivity index (χ1v) is 9.67. The number of halogens is 3. The fraction of sp³-hybridized carbons (Fsp3) is 0.0588. The highest BCUT2D eigenvalue weighted by Crippen LogP contribution is 2.43. The molecule has 0 saturated heterocycles. The molecule has 0 aliphatic carbocycles. The second-order valence-corrected chi connectivity index (χ2v) is 7.55. The number of hydrogen-bond acceptors (Lipinski definition) is 8. The summed E-state index contributed by atoms with van der Waals surface area (Å²) >= 11 is 6.53. The van der Waals surface area contributed by atoms with E-state index in [1.165, 1.54) is 18.4 Å². The van der Waals surface area contributed by atoms with Crippen LogP contribution in [0.2, 0.25) is 5.02 Å². The standard InChI is InChI=1S/C17H9ClF2N6O5S/c18-9-11(24-25-15(9)26(29)30)16(28)23-10-8-5(7-2-1-3-31-7)4-6(13(19)20)22-17(8)32-12(10)14(21)27/h1-4,13H,(H2,21,27)(H,23,28)(H,24,25). The molecular formula is C17H9ClF2N6O5S. The Morgan fingerprint density at radius 1 is 1.41 bits per heavy atom. The number of primary amides is 1. The Morgan fingerprint density at radius 3 is 2.72 bits per heavy atom. The van der Waals surface area contributed by atoms with Gasteiger partial charge in [0, 0.05) is 10.9 Å². The van der Waals surface area contributed by atoms with E-state index in [0.29, 0.717) is 11.3 Å². The summed E-state index contributed by atoms with van der Waals surface area (Å²) in [7, 11) is 0. The molecule has 0 radical (unpaired) electrons. The molecule has 0 fully saturated rings. The van der Waals surface area contributed by atoms with Crippen molar-refractivity contribution in [2.75, 3.05) is 5.32 Å². The molecule has 0 aromatic carbocycles. The largest absolute Gasteiger partial charge is 0.464 e. The van der Waals surface area contributed by atoms with Gasteiger partial charge in [-0.25, -0.2) is 13.8 Å². The predicted molar refractivity (Wildman–Crippen MR) is 109 cm³/mol. The van der Waals surface area contributed by atoms with Crippen LogP contribution in [0, 0.1) is 10.1 Å². The molecule has 15 heteroatoms. The molecule has 164 valence electrons. The summed E-state index contributed by atoms with van der Waals surface area (Å²) in [5, 5.41) is 18.4. The number of H-pyrrole nitrogens is 1. The van der Waals surface area contributed by atoms with E-state index >= 15 is 0 Å². The minimum absolute atomic E-state index is 0.0163. The van der Waals surface area contributed by atoms with Crippen molar-refractivity contribution in [3.05, 3.63) is 55.9 Å². The van der Waals surface area contributed by atoms with Gasteiger partial charge in [-0.15, -0.1) is 16.4 Å². The van der Waals surface area contributed by atoms with E-state index in [0.717, 1.165) is 6.07 Å². The van der Waals surface area contributed by atoms with E-state index < -0.39 is 45.4 Å². The maximum Gasteiger partial charge on any atom is 0.362 e. The normalized spacial score (nSPS) is 11.2. The van der Waals surface area contributed by atoms with Crippen molar-refractivity contribution >= 4 is 56.5 Å². The number of pyridine rings is 1. The smallest absolute Gasteiger partial charge is 0.362 e. The van der Waals surface area contributed by atoms with Crippen molar-refractivity contribution in [2.45, 2.75) is 6.43 Å². The summed E-state index contributed by atoms with van der Waals surface area (Å²) < 4.78 is 32.1. The van der Waals surface area contributed by atoms with Crippen molar-refractivity contribution in [1.82, 2.24) is 15.2 Å². The van der Waals surface area contributed by atoms with Gasteiger partial charge >= 0.3 is 5.82 Å². The Kier molecular flexibility index (Phi) is 5.31. The average Bonchev–Trinajstić information content (AvgIpc) is 3.46. The molecule has 4 heterocycles. The number of carbonyl (C=O) groups is 2. The predicted octanol–water partition coefficient (Wildman–Crippen LogP) is 4.13. The van der Waals surface area contributed by atoms with Gasteiger partial charge in [-0.05, 0) is 23.1 Å². The average molecular weight is 483 g/mol. The topological polar surface area (TPSA) is 170 Å². The molecule has 4 rings (SSSR count). The van der Waals surface area contributed by atoms with Crippen LogP contribution in [-0.2, 0) is 0 Å². The highest BCUT2D eigenvalue weighted by atomic mass is 35.5. The summed E-state index contributed by atoms with van der Waals surface area (Å²) in [6.45, 7) is 0. The molecule has 0 spiro atoms. The summed E-state index contributed by atoms with van der Waals surface area (Å²) in [6.07, 6.45) is -1.61. The molecule has 0 saturated carbocycles. The first kappa shape index (κ1) is 21.3. The maximum absolute atomic E-state index is 13.4. The first-order valence-electron chi connectivity index (χ1n) is 8.47. The molecule has 4 N–H and O–H groups in total. The Bertz CT molecular complexity index is 1380. The molecule has 0 atom stereocenters. The molecular weight excluding hydrogens is 474 g/mol. The van der Waals surface area contributed by atoms with Crippen LogP contribution >= 0.6 is 22.9 Å². The molecule has 4 aromatic rings. The van der Waals surface area contributed by atoms with Crippen LogP contribution in [0.5, 0.6) is 0 Å². The van der Waals surface area contributed by atoms with Crippen LogP contribution in [0.25, 0.3) is 21.5 Å². The van der Waals surface area contributed by atoms with Crippen LogP contribution in [0.1, 0.15) is 32.3 Å². The van der Waals surface area contributed by atoms with E-state index in [4.69, 9.17) is 21.8 Å². The number of hydrogen-bond donors (Lipinski definition) is 3. The van der Waals surface area contributed by atoms with Gasteiger partial charge in [0.2, 0.25) is 0 Å². The summed E-state index contributed by atoms with van der Waals surface area (Å²) in [5.41, 5.74) is 4.28. The zero-order valence-corrected chi connectivity index (χ0v) is 17.0. The lowest BCUT2D eigenvalue weighted by Crippen LogP contribution is -2.17. The second-order valence-electron chi connectivity index (χ2n) is 6.17. The number of amides is 2. The van der Waals surface area contributed by atoms with Gasteiger partial charge in [-0.1, -0.05) is 16.7 Å². The summed E-state index contributed by atoms with van der Waals surface area (Å²) in [4.78, 5) is 38.5. The van der Waals surface area contributed by atoms with Gasteiger partial charge in [-0.2, -0.15) is 0 Å². The number of aromatic nitrogens is 3. The zero-order chi connectivity index (χ0) is 23.2. The monoisotopic (exact) mass is 482 g/mol. The Labute approximate surface area is 184 Å². The number of nitro groups is 1. The van der Waals surface area contributed by atoms with Crippen molar-refractivity contribution in [3.8, 4) is 11.3 Å². The number of aromatic amines is 1. The van der Waals surface area contributed by atoms with Crippen molar-refractivity contribution in [3.63, 3.8) is 0 Å². The fourth-order valence-corrected chi connectivity index (χ4v) is 4.16. The number of furan rings is 1. The molecule has 0 bridgehead atoms. The van der Waals surface area contributed by atoms with Crippen LogP contribution in [0.4, 0.5) is 20.3 Å². The van der Waals surface area contributed by atoms with Gasteiger partial charge in [0.05, 0.1) is 12.0 Å². The third-order valence-corrected chi connectivity index (χ3v) is 5.70. The van der Waals surface area contributed by atoms with E-state index in [1.54, 1.807) is 0 Å². The lowest BCUT2D eigenvalue weighted by Gasteiger charge is -2.08. The molecule has 0 aliphatic rings. The minimum atomic E-state index is -2.92. The van der Waals surface area contributed by atoms with Crippen molar-refractivity contribution in [1.29, 1.82) is 0 Å². The number of nitrogens with one attached hydrogen (secondary N) is 2. The quantitative estimate of drug-likeness (QED) is 0.274. The number of rotatable bonds is 6. The Hall–Kier alpha value is -3.91. The molecule has 32 heavy (non-hydrogen) atoms. The Morgan fingerprint density at radius 2 is 2.16 bits per heavy atom. The van der Waals surface area contributed by atoms with Crippen LogP contribution in [0.15, 0.2) is 28.9 Å². The third kappa shape index (κ3) is 3.54. The highest BCUT2D eigenvalue weighted by molar-refractivity contribution is 7.21. The molecule has 4 aromatic heterocycles. The third-order valence-electron chi connectivity index (χ3n) is 4.24. The lowest BCUT2D eigenvalue weighted by molar-refractivity contribution is -0.389. The van der Waals surface area contributed by atoms with E-state index in [1.807, 2.05) is 5.10 Å². The van der Waals surface area contributed by atoms with E-state index in [9.17, 15) is 28.5 Å². The van der Waals surface area contributed by atoms with Crippen LogP contribution < -0.4 is 11.1 Å². The maximum atomic E-state index is 13.4. The zero-order valence-electron chi connectivity index (χ0n) is 15.4. The minimum Gasteiger partial charge on any atom is -0.464 e. The van der Waals surface area contributed by atoms with Crippen molar-refractivity contribution < 1.29 is 27.7 Å². The number of alkyl halides is 2. The number of nitrogens with zero attached hydrogens (tertiary/aromatic N) is 3. The number of carbonyl (C=O) groups excluding carboxylic acids is 2. The summed E-state index contributed by atoms with van der Waals surface area (Å²) in [6, 6.07) is 4.07. The Balaban J connectivity index is 1.92. The van der Waals surface area contributed by atoms with Gasteiger partial charge in [0.1, 0.15) is 21.2 Å². The fourth-order valence-electron chi connectivity index (χ4n) is 2.91. The number of thiophene rings is 1. The summed E-state index contributed by atoms with van der Waals surface area (Å²) in [5.74, 6) is -2.52. The molecule has 2 amide bonds. The van der Waals surface area contributed by atoms with E-state index in [-0.39, 0.29) is 32.1 Å². The van der Waals surface area contributed by atoms with Gasteiger partial charge in [-0.3, -0.25) is 9.59 Å². The second kappa shape index (κ2) is 7.97. The van der Waals surface area contributed by atoms with Gasteiger partial charge in [0.25, 0.3) is 18.2 Å². The van der Waals surface area contributed by atoms with Crippen LogP contribution in [-0.4, -0.2) is 31.9 Å². The number of fused-ring (bicyclic) bond motifs is 1. The molecule has 0 unspecified atom stereocenters. The van der Waals surface area contributed by atoms with Crippen LogP contribution in [0.3, 0.4) is 0 Å². The van der Waals surface area contributed by atoms with E-state index in [2.05, 4.69) is 15.4 Å². The lowest BCUT2D eigenvalue weighted by atomic mass is 10.1. The molecule has 11 nitrogen and oxygen atoms in total. The van der Waals surface area contributed by atoms with Gasteiger partial charge < -0.3 is 25.6 Å².